The molecular formula is C13H21N3. The Kier molecular flexibility index (Phi) is 3.78. The third kappa shape index (κ3) is 2.35. The van der Waals surface area contributed by atoms with Gasteiger partial charge in [0.15, 0.2) is 0 Å². The van der Waals surface area contributed by atoms with Crippen LogP contribution in [0.3, 0.4) is 0 Å². The van der Waals surface area contributed by atoms with Crippen LogP contribution in [0.1, 0.15) is 43.8 Å². The molecular weight excluding hydrogens is 198 g/mol. The molecule has 1 aromatic heterocycles. The van der Waals surface area contributed by atoms with Crippen molar-refractivity contribution < 1.29 is 0 Å². The second kappa shape index (κ2) is 5.30. The zero-order valence-corrected chi connectivity index (χ0v) is 10.2. The Labute approximate surface area is 97.6 Å². The molecule has 1 N–H and O–H groups in total. The Morgan fingerprint density at radius 3 is 2.94 bits per heavy atom. The fourth-order valence-corrected chi connectivity index (χ4v) is 2.47. The lowest BCUT2D eigenvalue weighted by Gasteiger charge is -2.20. The Morgan fingerprint density at radius 2 is 2.25 bits per heavy atom. The van der Waals surface area contributed by atoms with Gasteiger partial charge >= 0.3 is 0 Å². The topological polar surface area (TPSA) is 29.9 Å². The standard InChI is InChI=1S/C13H21N3/c1-14-13(12-9-15-10-16(12)2)11-7-5-3-4-6-8-11/h7,9-10,13-14H,3-6,8H2,1-2H3. The van der Waals surface area contributed by atoms with E-state index in [4.69, 9.17) is 0 Å². The molecule has 1 aliphatic carbocycles. The molecule has 0 radical (unpaired) electrons. The van der Waals surface area contributed by atoms with Crippen molar-refractivity contribution in [2.45, 2.75) is 38.1 Å². The molecule has 3 nitrogen and oxygen atoms in total. The Bertz CT molecular complexity index is 365. The lowest BCUT2D eigenvalue weighted by Crippen LogP contribution is -2.21. The van der Waals surface area contributed by atoms with Gasteiger partial charge in [0.05, 0.1) is 24.3 Å². The minimum absolute atomic E-state index is 0.339. The van der Waals surface area contributed by atoms with E-state index in [-0.39, 0.29) is 0 Å². The summed E-state index contributed by atoms with van der Waals surface area (Å²) < 4.78 is 2.10. The molecule has 0 amide bonds. The average Bonchev–Trinajstić information content (AvgIpc) is 2.57. The minimum Gasteiger partial charge on any atom is -0.336 e. The van der Waals surface area contributed by atoms with Gasteiger partial charge in [0.1, 0.15) is 0 Å². The van der Waals surface area contributed by atoms with E-state index >= 15 is 0 Å². The van der Waals surface area contributed by atoms with Crippen LogP contribution in [0.2, 0.25) is 0 Å². The molecule has 3 heteroatoms. The van der Waals surface area contributed by atoms with Gasteiger partial charge in [-0.2, -0.15) is 0 Å². The maximum absolute atomic E-state index is 4.20. The molecule has 1 unspecified atom stereocenters. The van der Waals surface area contributed by atoms with Crippen LogP contribution in [0.25, 0.3) is 0 Å². The predicted octanol–water partition coefficient (Wildman–Crippen LogP) is 2.57. The monoisotopic (exact) mass is 219 g/mol. The van der Waals surface area contributed by atoms with Gasteiger partial charge in [0.25, 0.3) is 0 Å². The van der Waals surface area contributed by atoms with E-state index in [2.05, 4.69) is 28.0 Å². The van der Waals surface area contributed by atoms with Crippen LogP contribution in [-0.2, 0) is 7.05 Å². The number of likely N-dealkylation sites (N-methyl/N-ethyl adjacent to an activating group) is 1. The number of hydrogen-bond donors (Lipinski definition) is 1. The second-order valence-electron chi connectivity index (χ2n) is 4.53. The van der Waals surface area contributed by atoms with Crippen LogP contribution in [0, 0.1) is 0 Å². The summed E-state index contributed by atoms with van der Waals surface area (Å²) in [4.78, 5) is 4.20. The van der Waals surface area contributed by atoms with Crippen molar-refractivity contribution in [3.8, 4) is 0 Å². The zero-order valence-electron chi connectivity index (χ0n) is 10.2. The van der Waals surface area contributed by atoms with E-state index in [0.29, 0.717) is 6.04 Å². The summed E-state index contributed by atoms with van der Waals surface area (Å²) in [5, 5.41) is 3.41. The molecule has 2 rings (SSSR count). The highest BCUT2D eigenvalue weighted by atomic mass is 15.1. The highest BCUT2D eigenvalue weighted by molar-refractivity contribution is 5.22. The van der Waals surface area contributed by atoms with Crippen LogP contribution < -0.4 is 5.32 Å². The molecule has 0 aromatic carbocycles. The van der Waals surface area contributed by atoms with Gasteiger partial charge < -0.3 is 9.88 Å². The highest BCUT2D eigenvalue weighted by Gasteiger charge is 2.18. The summed E-state index contributed by atoms with van der Waals surface area (Å²) in [5.74, 6) is 0. The second-order valence-corrected chi connectivity index (χ2v) is 4.53. The fraction of sp³-hybridized carbons (Fsp3) is 0.615. The van der Waals surface area contributed by atoms with E-state index in [1.807, 2.05) is 19.6 Å². The first-order valence-electron chi connectivity index (χ1n) is 6.15. The van der Waals surface area contributed by atoms with Gasteiger partial charge in [-0.15, -0.1) is 0 Å². The molecule has 0 aliphatic heterocycles. The van der Waals surface area contributed by atoms with Gasteiger partial charge in [-0.3, -0.25) is 0 Å². The van der Waals surface area contributed by atoms with E-state index in [1.54, 1.807) is 0 Å². The Balaban J connectivity index is 2.21. The number of nitrogens with one attached hydrogen (secondary N) is 1. The van der Waals surface area contributed by atoms with Crippen LogP contribution in [0.15, 0.2) is 24.2 Å². The SMILES string of the molecule is CNC(C1=CCCCCC1)c1cncn1C. The van der Waals surface area contributed by atoms with Crippen molar-refractivity contribution in [3.63, 3.8) is 0 Å². The molecule has 0 saturated carbocycles. The first-order chi connectivity index (χ1) is 7.83. The summed E-state index contributed by atoms with van der Waals surface area (Å²) in [7, 11) is 4.09. The van der Waals surface area contributed by atoms with Crippen molar-refractivity contribution in [1.82, 2.24) is 14.9 Å². The first kappa shape index (κ1) is 11.4. The van der Waals surface area contributed by atoms with Crippen LogP contribution >= 0.6 is 0 Å². The molecule has 1 atom stereocenters. The van der Waals surface area contributed by atoms with Crippen molar-refractivity contribution in [2.75, 3.05) is 7.05 Å². The van der Waals surface area contributed by atoms with Crippen molar-refractivity contribution in [3.05, 3.63) is 29.9 Å². The number of hydrogen-bond acceptors (Lipinski definition) is 2. The third-order valence-electron chi connectivity index (χ3n) is 3.39. The van der Waals surface area contributed by atoms with E-state index < -0.39 is 0 Å². The van der Waals surface area contributed by atoms with Gasteiger partial charge in [0, 0.05) is 7.05 Å². The maximum atomic E-state index is 4.20. The van der Waals surface area contributed by atoms with E-state index in [0.717, 1.165) is 0 Å². The lowest BCUT2D eigenvalue weighted by molar-refractivity contribution is 0.595. The predicted molar refractivity (Wildman–Crippen MR) is 66.2 cm³/mol. The number of aryl methyl sites for hydroxylation is 1. The highest BCUT2D eigenvalue weighted by Crippen LogP contribution is 2.28. The summed E-state index contributed by atoms with van der Waals surface area (Å²) in [6, 6.07) is 0.339. The van der Waals surface area contributed by atoms with Crippen molar-refractivity contribution in [2.24, 2.45) is 7.05 Å². The van der Waals surface area contributed by atoms with Crippen LogP contribution in [-0.4, -0.2) is 16.6 Å². The minimum atomic E-state index is 0.339. The third-order valence-corrected chi connectivity index (χ3v) is 3.39. The molecule has 1 heterocycles. The Hall–Kier alpha value is -1.09. The molecule has 0 saturated heterocycles. The molecule has 16 heavy (non-hydrogen) atoms. The van der Waals surface area contributed by atoms with Crippen LogP contribution in [0.4, 0.5) is 0 Å². The lowest BCUT2D eigenvalue weighted by atomic mass is 9.99. The van der Waals surface area contributed by atoms with Crippen molar-refractivity contribution >= 4 is 0 Å². The molecule has 0 fully saturated rings. The number of aromatic nitrogens is 2. The molecule has 1 aliphatic rings. The fourth-order valence-electron chi connectivity index (χ4n) is 2.47. The normalized spacial score (nSPS) is 19.0. The van der Waals surface area contributed by atoms with Gasteiger partial charge in [-0.25, -0.2) is 4.98 Å². The summed E-state index contributed by atoms with van der Waals surface area (Å²) in [6.07, 6.45) is 12.7. The number of rotatable bonds is 3. The van der Waals surface area contributed by atoms with Gasteiger partial charge in [-0.05, 0) is 32.7 Å². The number of nitrogens with zero attached hydrogens (tertiary/aromatic N) is 2. The average molecular weight is 219 g/mol. The summed E-state index contributed by atoms with van der Waals surface area (Å²) >= 11 is 0. The summed E-state index contributed by atoms with van der Waals surface area (Å²) in [6.45, 7) is 0. The smallest absolute Gasteiger partial charge is 0.0946 e. The van der Waals surface area contributed by atoms with Gasteiger partial charge in [-0.1, -0.05) is 18.1 Å². The maximum Gasteiger partial charge on any atom is 0.0946 e. The zero-order chi connectivity index (χ0) is 11.4. The summed E-state index contributed by atoms with van der Waals surface area (Å²) in [5.41, 5.74) is 2.79. The van der Waals surface area contributed by atoms with Crippen LogP contribution in [0.5, 0.6) is 0 Å². The quantitative estimate of drug-likeness (QED) is 0.792. The van der Waals surface area contributed by atoms with E-state index in [1.165, 1.54) is 43.4 Å². The largest absolute Gasteiger partial charge is 0.336 e. The molecule has 0 spiro atoms. The number of imidazole rings is 1. The van der Waals surface area contributed by atoms with Gasteiger partial charge in [0.2, 0.25) is 0 Å². The van der Waals surface area contributed by atoms with E-state index in [9.17, 15) is 0 Å². The molecule has 88 valence electrons. The Morgan fingerprint density at radius 1 is 1.38 bits per heavy atom. The first-order valence-corrected chi connectivity index (χ1v) is 6.15. The number of allylic oxidation sites excluding steroid dienone is 1. The molecule has 1 aromatic rings. The molecule has 0 bridgehead atoms. The van der Waals surface area contributed by atoms with Crippen molar-refractivity contribution in [1.29, 1.82) is 0 Å².